The number of halogens is 1. The highest BCUT2D eigenvalue weighted by Gasteiger charge is 2.12. The minimum atomic E-state index is -0.995. The van der Waals surface area contributed by atoms with Crippen LogP contribution in [0.15, 0.2) is 23.1 Å². The normalized spacial score (nSPS) is 9.62. The van der Waals surface area contributed by atoms with Crippen LogP contribution in [0.3, 0.4) is 0 Å². The van der Waals surface area contributed by atoms with Gasteiger partial charge in [0.2, 0.25) is 0 Å². The van der Waals surface area contributed by atoms with Crippen molar-refractivity contribution in [1.29, 1.82) is 0 Å². The average Bonchev–Trinajstić information content (AvgIpc) is 2.47. The van der Waals surface area contributed by atoms with Crippen molar-refractivity contribution in [3.63, 3.8) is 0 Å². The molecule has 1 aromatic heterocycles. The first-order valence-corrected chi connectivity index (χ1v) is 4.64. The van der Waals surface area contributed by atoms with E-state index in [0.717, 1.165) is 11.3 Å². The second-order valence-corrected chi connectivity index (χ2v) is 3.68. The number of rotatable bonds is 4. The summed E-state index contributed by atoms with van der Waals surface area (Å²) in [6, 6.07) is 1.59. The molecule has 0 spiro atoms. The van der Waals surface area contributed by atoms with Gasteiger partial charge in [-0.2, -0.15) is 0 Å². The summed E-state index contributed by atoms with van der Waals surface area (Å²) in [5.74, 6) is -0.663. The monoisotopic (exact) mass is 218 g/mol. The molecule has 5 heteroatoms. The zero-order valence-electron chi connectivity index (χ0n) is 6.62. The third-order valence-electron chi connectivity index (χ3n) is 1.21. The largest absolute Gasteiger partial charge is 0.486 e. The van der Waals surface area contributed by atoms with Gasteiger partial charge in [-0.3, -0.25) is 0 Å². The summed E-state index contributed by atoms with van der Waals surface area (Å²) < 4.78 is 5.10. The lowest BCUT2D eigenvalue weighted by Gasteiger charge is -2.02. The van der Waals surface area contributed by atoms with Crippen LogP contribution in [0.1, 0.15) is 9.67 Å². The maximum absolute atomic E-state index is 10.6. The third kappa shape index (κ3) is 2.75. The lowest BCUT2D eigenvalue weighted by atomic mass is 10.4. The van der Waals surface area contributed by atoms with E-state index in [1.807, 2.05) is 0 Å². The van der Waals surface area contributed by atoms with E-state index in [0.29, 0.717) is 10.8 Å². The number of ether oxygens (including phenoxy) is 1. The smallest absolute Gasteiger partial charge is 0.349 e. The fourth-order valence-electron chi connectivity index (χ4n) is 0.723. The maximum atomic E-state index is 10.6. The first kappa shape index (κ1) is 10.1. The van der Waals surface area contributed by atoms with E-state index < -0.39 is 5.97 Å². The number of aromatic carboxylic acids is 1. The van der Waals surface area contributed by atoms with Gasteiger partial charge in [-0.05, 0) is 11.4 Å². The van der Waals surface area contributed by atoms with Crippen molar-refractivity contribution in [3.05, 3.63) is 27.9 Å². The summed E-state index contributed by atoms with van der Waals surface area (Å²) in [5.41, 5.74) is 0. The number of thiophene rings is 1. The first-order chi connectivity index (χ1) is 6.11. The molecule has 1 heterocycles. The average molecular weight is 219 g/mol. The van der Waals surface area contributed by atoms with Gasteiger partial charge >= 0.3 is 5.97 Å². The molecular weight excluding hydrogens is 212 g/mol. The van der Waals surface area contributed by atoms with Crippen molar-refractivity contribution in [1.82, 2.24) is 0 Å². The molecule has 0 aromatic carbocycles. The molecule has 0 aliphatic carbocycles. The van der Waals surface area contributed by atoms with E-state index in [4.69, 9.17) is 21.4 Å². The lowest BCUT2D eigenvalue weighted by Crippen LogP contribution is -2.00. The van der Waals surface area contributed by atoms with Crippen LogP contribution < -0.4 is 4.74 Å². The number of carboxylic acid groups (broad SMARTS) is 1. The summed E-state index contributed by atoms with van der Waals surface area (Å²) in [7, 11) is 0. The van der Waals surface area contributed by atoms with Crippen LogP contribution in [-0.2, 0) is 0 Å². The van der Waals surface area contributed by atoms with Crippen LogP contribution in [0, 0.1) is 0 Å². The molecule has 0 aliphatic heterocycles. The van der Waals surface area contributed by atoms with Crippen molar-refractivity contribution in [3.8, 4) is 5.75 Å². The highest BCUT2D eigenvalue weighted by atomic mass is 35.5. The molecular formula is C8H7ClO3S. The summed E-state index contributed by atoms with van der Waals surface area (Å²) in [6.07, 6.45) is 0. The Bertz CT molecular complexity index is 332. The Morgan fingerprint density at radius 3 is 3.00 bits per heavy atom. The number of hydrogen-bond acceptors (Lipinski definition) is 3. The van der Waals surface area contributed by atoms with Crippen LogP contribution in [0.2, 0.25) is 0 Å². The van der Waals surface area contributed by atoms with Crippen molar-refractivity contribution in [2.45, 2.75) is 0 Å². The van der Waals surface area contributed by atoms with Crippen LogP contribution in [0.5, 0.6) is 5.75 Å². The molecule has 0 saturated heterocycles. The molecule has 0 radical (unpaired) electrons. The minimum Gasteiger partial charge on any atom is -0.486 e. The molecule has 0 fully saturated rings. The molecule has 3 nitrogen and oxygen atoms in total. The van der Waals surface area contributed by atoms with Crippen LogP contribution >= 0.6 is 22.9 Å². The molecule has 0 amide bonds. The molecule has 0 saturated carbocycles. The van der Waals surface area contributed by atoms with Gasteiger partial charge in [0.25, 0.3) is 0 Å². The van der Waals surface area contributed by atoms with Crippen molar-refractivity contribution in [2.24, 2.45) is 0 Å². The fourth-order valence-corrected chi connectivity index (χ4v) is 1.45. The number of hydrogen-bond donors (Lipinski definition) is 1. The van der Waals surface area contributed by atoms with E-state index in [-0.39, 0.29) is 11.5 Å². The molecule has 13 heavy (non-hydrogen) atoms. The Balaban J connectivity index is 2.71. The van der Waals surface area contributed by atoms with Crippen molar-refractivity contribution < 1.29 is 14.6 Å². The van der Waals surface area contributed by atoms with Gasteiger partial charge in [0.1, 0.15) is 12.4 Å². The highest BCUT2D eigenvalue weighted by molar-refractivity contribution is 7.12. The molecule has 0 bridgehead atoms. The Kier molecular flexibility index (Phi) is 3.33. The minimum absolute atomic E-state index is 0.124. The standard InChI is InChI=1S/C8H7ClO3S/c1-5(9)4-12-6-2-3-13-7(6)8(10)11/h2-3H,1,4H2,(H,10,11). The second kappa shape index (κ2) is 4.30. The van der Waals surface area contributed by atoms with E-state index in [1.165, 1.54) is 0 Å². The summed E-state index contributed by atoms with van der Waals surface area (Å²) in [4.78, 5) is 10.8. The van der Waals surface area contributed by atoms with Gasteiger partial charge in [-0.15, -0.1) is 11.3 Å². The second-order valence-electron chi connectivity index (χ2n) is 2.23. The Hall–Kier alpha value is -1.00. The lowest BCUT2D eigenvalue weighted by molar-refractivity contribution is 0.0698. The fraction of sp³-hybridized carbons (Fsp3) is 0.125. The molecule has 1 N–H and O–H groups in total. The van der Waals surface area contributed by atoms with Gasteiger partial charge in [0.15, 0.2) is 4.88 Å². The van der Waals surface area contributed by atoms with Crippen molar-refractivity contribution >= 4 is 28.9 Å². The van der Waals surface area contributed by atoms with Crippen molar-refractivity contribution in [2.75, 3.05) is 6.61 Å². The van der Waals surface area contributed by atoms with E-state index >= 15 is 0 Å². The molecule has 0 unspecified atom stereocenters. The molecule has 1 aromatic rings. The Labute approximate surface area is 84.2 Å². The third-order valence-corrected chi connectivity index (χ3v) is 2.20. The zero-order valence-corrected chi connectivity index (χ0v) is 8.19. The van der Waals surface area contributed by atoms with Gasteiger partial charge in [-0.25, -0.2) is 4.79 Å². The number of carboxylic acids is 1. The Morgan fingerprint density at radius 2 is 2.46 bits per heavy atom. The molecule has 0 atom stereocenters. The molecule has 1 rings (SSSR count). The van der Waals surface area contributed by atoms with Crippen LogP contribution in [-0.4, -0.2) is 17.7 Å². The van der Waals surface area contributed by atoms with Crippen LogP contribution in [0.25, 0.3) is 0 Å². The van der Waals surface area contributed by atoms with Crippen LogP contribution in [0.4, 0.5) is 0 Å². The van der Waals surface area contributed by atoms with E-state index in [9.17, 15) is 4.79 Å². The SMILES string of the molecule is C=C(Cl)COc1ccsc1C(=O)O. The first-order valence-electron chi connectivity index (χ1n) is 3.38. The summed E-state index contributed by atoms with van der Waals surface area (Å²) >= 11 is 6.58. The predicted molar refractivity (Wildman–Crippen MR) is 51.8 cm³/mol. The summed E-state index contributed by atoms with van der Waals surface area (Å²) in [6.45, 7) is 3.55. The van der Waals surface area contributed by atoms with Gasteiger partial charge in [0.05, 0.1) is 0 Å². The zero-order chi connectivity index (χ0) is 9.84. The van der Waals surface area contributed by atoms with Gasteiger partial charge in [-0.1, -0.05) is 18.2 Å². The quantitative estimate of drug-likeness (QED) is 0.845. The molecule has 0 aliphatic rings. The van der Waals surface area contributed by atoms with Gasteiger partial charge in [0, 0.05) is 5.03 Å². The summed E-state index contributed by atoms with van der Waals surface area (Å²) in [5, 5.41) is 10.7. The van der Waals surface area contributed by atoms with E-state index in [2.05, 4.69) is 6.58 Å². The predicted octanol–water partition coefficient (Wildman–Crippen LogP) is 2.58. The maximum Gasteiger partial charge on any atom is 0.349 e. The topological polar surface area (TPSA) is 46.5 Å². The Morgan fingerprint density at radius 1 is 1.77 bits per heavy atom. The number of carbonyl (C=O) groups is 1. The van der Waals surface area contributed by atoms with E-state index in [1.54, 1.807) is 11.4 Å². The van der Waals surface area contributed by atoms with Gasteiger partial charge < -0.3 is 9.84 Å². The molecule has 70 valence electrons. The highest BCUT2D eigenvalue weighted by Crippen LogP contribution is 2.25.